The average Bonchev–Trinajstić information content (AvgIpc) is 3.55. The Bertz CT molecular complexity index is 1230. The largest absolute Gasteiger partial charge is 0.459 e. The van der Waals surface area contributed by atoms with Crippen LogP contribution in [0.25, 0.3) is 0 Å². The van der Waals surface area contributed by atoms with Crippen LogP contribution in [-0.4, -0.2) is 41.6 Å². The molecule has 0 unspecified atom stereocenters. The second-order valence-corrected chi connectivity index (χ2v) is 7.99. The predicted octanol–water partition coefficient (Wildman–Crippen LogP) is 3.50. The lowest BCUT2D eigenvalue weighted by atomic mass is 10.1. The van der Waals surface area contributed by atoms with Crippen LogP contribution in [0.15, 0.2) is 65.3 Å². The smallest absolute Gasteiger partial charge is 0.293 e. The first kappa shape index (κ1) is 20.7. The van der Waals surface area contributed by atoms with E-state index in [1.165, 1.54) is 11.2 Å². The molecule has 1 N–H and O–H groups in total. The number of carbonyl (C=O) groups is 4. The van der Waals surface area contributed by atoms with Crippen molar-refractivity contribution in [2.75, 3.05) is 23.3 Å². The van der Waals surface area contributed by atoms with Crippen LogP contribution in [0.1, 0.15) is 49.7 Å². The zero-order valence-corrected chi connectivity index (χ0v) is 17.7. The van der Waals surface area contributed by atoms with Crippen molar-refractivity contribution in [3.63, 3.8) is 0 Å². The van der Waals surface area contributed by atoms with E-state index in [1.54, 1.807) is 47.4 Å². The van der Waals surface area contributed by atoms with Crippen LogP contribution < -0.4 is 10.2 Å². The first-order valence-corrected chi connectivity index (χ1v) is 10.8. The normalized spacial score (nSPS) is 14.4. The third-order valence-electron chi connectivity index (χ3n) is 5.91. The summed E-state index contributed by atoms with van der Waals surface area (Å²) in [5.74, 6) is -0.825. The third-order valence-corrected chi connectivity index (χ3v) is 5.91. The first-order chi connectivity index (χ1) is 16.0. The van der Waals surface area contributed by atoms with Crippen LogP contribution >= 0.6 is 0 Å². The minimum Gasteiger partial charge on any atom is -0.459 e. The van der Waals surface area contributed by atoms with Gasteiger partial charge in [-0.15, -0.1) is 0 Å². The number of amides is 4. The van der Waals surface area contributed by atoms with E-state index in [0.29, 0.717) is 29.8 Å². The summed E-state index contributed by atoms with van der Waals surface area (Å²) in [4.78, 5) is 52.8. The number of imide groups is 1. The number of fused-ring (bicyclic) bond motifs is 2. The van der Waals surface area contributed by atoms with Gasteiger partial charge in [-0.2, -0.15) is 0 Å². The Morgan fingerprint density at radius 3 is 2.42 bits per heavy atom. The Labute approximate surface area is 189 Å². The predicted molar refractivity (Wildman–Crippen MR) is 120 cm³/mol. The molecule has 166 valence electrons. The molecule has 3 aromatic rings. The fourth-order valence-corrected chi connectivity index (χ4v) is 4.26. The van der Waals surface area contributed by atoms with Gasteiger partial charge < -0.3 is 14.6 Å². The summed E-state index contributed by atoms with van der Waals surface area (Å²) in [7, 11) is 0. The summed E-state index contributed by atoms with van der Waals surface area (Å²) >= 11 is 0. The molecular weight excluding hydrogens is 422 g/mol. The maximum absolute atomic E-state index is 12.7. The lowest BCUT2D eigenvalue weighted by Gasteiger charge is -2.17. The maximum atomic E-state index is 12.7. The molecule has 8 nitrogen and oxygen atoms in total. The zero-order chi connectivity index (χ0) is 22.9. The topological polar surface area (TPSA) is 99.9 Å². The minimum atomic E-state index is -0.323. The van der Waals surface area contributed by atoms with Crippen molar-refractivity contribution in [1.82, 2.24) is 4.90 Å². The molecule has 2 aromatic carbocycles. The first-order valence-electron chi connectivity index (χ1n) is 10.8. The SMILES string of the molecule is O=C(CCCN1C(=O)c2ccccc2C1=O)Nc1ccc2c(c1)N(C(=O)c1ccco1)CC2. The Morgan fingerprint density at radius 2 is 1.73 bits per heavy atom. The summed E-state index contributed by atoms with van der Waals surface area (Å²) in [6, 6.07) is 15.5. The van der Waals surface area contributed by atoms with Crippen LogP contribution in [0, 0.1) is 0 Å². The molecule has 0 radical (unpaired) electrons. The molecule has 4 amide bonds. The molecule has 0 bridgehead atoms. The molecule has 2 aliphatic heterocycles. The van der Waals surface area contributed by atoms with E-state index >= 15 is 0 Å². The Kier molecular flexibility index (Phi) is 5.26. The number of rotatable bonds is 6. The van der Waals surface area contributed by atoms with Crippen molar-refractivity contribution in [2.24, 2.45) is 0 Å². The summed E-state index contributed by atoms with van der Waals surface area (Å²) in [5, 5.41) is 2.84. The van der Waals surface area contributed by atoms with Crippen LogP contribution in [0.2, 0.25) is 0 Å². The van der Waals surface area contributed by atoms with Crippen molar-refractivity contribution in [2.45, 2.75) is 19.3 Å². The highest BCUT2D eigenvalue weighted by atomic mass is 16.3. The van der Waals surface area contributed by atoms with Crippen LogP contribution in [0.3, 0.4) is 0 Å². The molecule has 0 spiro atoms. The maximum Gasteiger partial charge on any atom is 0.293 e. The molecule has 3 heterocycles. The molecule has 0 atom stereocenters. The molecule has 5 rings (SSSR count). The van der Waals surface area contributed by atoms with E-state index in [2.05, 4.69) is 5.32 Å². The van der Waals surface area contributed by atoms with Crippen molar-refractivity contribution >= 4 is 35.0 Å². The number of benzene rings is 2. The standard InChI is InChI=1S/C25H21N3O5/c29-22(8-3-12-28-23(30)18-5-1-2-6-19(18)24(28)31)26-17-10-9-16-11-13-27(20(16)15-17)25(32)21-7-4-14-33-21/h1-2,4-7,9-10,14-15H,3,8,11-13H2,(H,26,29). The number of anilines is 2. The monoisotopic (exact) mass is 443 g/mol. The van der Waals surface area contributed by atoms with E-state index < -0.39 is 0 Å². The van der Waals surface area contributed by atoms with Gasteiger partial charge in [0.15, 0.2) is 5.76 Å². The lowest BCUT2D eigenvalue weighted by molar-refractivity contribution is -0.116. The number of carbonyl (C=O) groups excluding carboxylic acids is 4. The quantitative estimate of drug-likeness (QED) is 0.588. The number of furan rings is 1. The van der Waals surface area contributed by atoms with Crippen LogP contribution in [0.4, 0.5) is 11.4 Å². The zero-order valence-electron chi connectivity index (χ0n) is 17.7. The fourth-order valence-electron chi connectivity index (χ4n) is 4.26. The third kappa shape index (κ3) is 3.80. The number of hydrogen-bond donors (Lipinski definition) is 1. The summed E-state index contributed by atoms with van der Waals surface area (Å²) in [5.41, 5.74) is 3.16. The molecule has 0 saturated carbocycles. The van der Waals surface area contributed by atoms with Crippen molar-refractivity contribution in [3.05, 3.63) is 83.3 Å². The highest BCUT2D eigenvalue weighted by molar-refractivity contribution is 6.21. The van der Waals surface area contributed by atoms with E-state index in [-0.39, 0.29) is 42.4 Å². The molecule has 33 heavy (non-hydrogen) atoms. The van der Waals surface area contributed by atoms with E-state index in [9.17, 15) is 19.2 Å². The van der Waals surface area contributed by atoms with Crippen LogP contribution in [0.5, 0.6) is 0 Å². The van der Waals surface area contributed by atoms with E-state index in [4.69, 9.17) is 4.42 Å². The average molecular weight is 443 g/mol. The van der Waals surface area contributed by atoms with Gasteiger partial charge in [0.25, 0.3) is 17.7 Å². The summed E-state index contributed by atoms with van der Waals surface area (Å²) in [6.07, 6.45) is 2.70. The highest BCUT2D eigenvalue weighted by Gasteiger charge is 2.34. The van der Waals surface area contributed by atoms with Crippen LogP contribution in [-0.2, 0) is 11.2 Å². The van der Waals surface area contributed by atoms with E-state index in [1.807, 2.05) is 12.1 Å². The van der Waals surface area contributed by atoms with E-state index in [0.717, 1.165) is 17.7 Å². The van der Waals surface area contributed by atoms with Crippen molar-refractivity contribution in [3.8, 4) is 0 Å². The number of hydrogen-bond acceptors (Lipinski definition) is 5. The van der Waals surface area contributed by atoms with Gasteiger partial charge in [0.2, 0.25) is 5.91 Å². The fraction of sp³-hybridized carbons (Fsp3) is 0.200. The molecular formula is C25H21N3O5. The minimum absolute atomic E-state index is 0.152. The number of nitrogens with one attached hydrogen (secondary N) is 1. The van der Waals surface area contributed by atoms with Gasteiger partial charge in [-0.3, -0.25) is 24.1 Å². The molecule has 0 aliphatic carbocycles. The van der Waals surface area contributed by atoms with Gasteiger partial charge in [0.05, 0.1) is 17.4 Å². The molecule has 8 heteroatoms. The summed E-state index contributed by atoms with van der Waals surface area (Å²) in [6.45, 7) is 0.724. The van der Waals surface area contributed by atoms with Gasteiger partial charge in [0.1, 0.15) is 0 Å². The molecule has 2 aliphatic rings. The molecule has 0 saturated heterocycles. The Hall–Kier alpha value is -4.20. The van der Waals surface area contributed by atoms with Gasteiger partial charge in [0, 0.05) is 30.9 Å². The van der Waals surface area contributed by atoms with Crippen molar-refractivity contribution < 1.29 is 23.6 Å². The lowest BCUT2D eigenvalue weighted by Crippen LogP contribution is -2.31. The molecule has 0 fully saturated rings. The molecule has 1 aromatic heterocycles. The highest BCUT2D eigenvalue weighted by Crippen LogP contribution is 2.32. The van der Waals surface area contributed by atoms with Gasteiger partial charge in [-0.1, -0.05) is 18.2 Å². The Balaban J connectivity index is 1.19. The summed E-state index contributed by atoms with van der Waals surface area (Å²) < 4.78 is 5.23. The number of nitrogens with zero attached hydrogens (tertiary/aromatic N) is 2. The second-order valence-electron chi connectivity index (χ2n) is 7.99. The van der Waals surface area contributed by atoms with Gasteiger partial charge >= 0.3 is 0 Å². The van der Waals surface area contributed by atoms with Crippen molar-refractivity contribution in [1.29, 1.82) is 0 Å². The van der Waals surface area contributed by atoms with Gasteiger partial charge in [-0.25, -0.2) is 0 Å². The van der Waals surface area contributed by atoms with Gasteiger partial charge in [-0.05, 0) is 54.8 Å². The Morgan fingerprint density at radius 1 is 0.970 bits per heavy atom. The second kappa shape index (κ2) is 8.38.